The number of ether oxygens (including phenoxy) is 1. The van der Waals surface area contributed by atoms with Crippen LogP contribution >= 0.6 is 11.3 Å². The molecule has 0 aliphatic heterocycles. The topological polar surface area (TPSA) is 97.3 Å². The van der Waals surface area contributed by atoms with E-state index in [2.05, 4.69) is 20.3 Å². The molecule has 144 valence electrons. The fraction of sp³-hybridized carbons (Fsp3) is 0.211. The smallest absolute Gasteiger partial charge is 0.413 e. The van der Waals surface area contributed by atoms with E-state index in [9.17, 15) is 9.59 Å². The Labute approximate surface area is 166 Å². The summed E-state index contributed by atoms with van der Waals surface area (Å²) >= 11 is 1.24. The van der Waals surface area contributed by atoms with E-state index in [-0.39, 0.29) is 5.91 Å². The Morgan fingerprint density at radius 3 is 2.50 bits per heavy atom. The van der Waals surface area contributed by atoms with Crippen molar-refractivity contribution in [1.29, 1.82) is 0 Å². The standard InChI is InChI=1S/C19H19N5O3S/c1-4-27-19(26)24(3)14-8-6-13(7-9-14)23-17(25)15-12(2)22-18(28-15)16-20-10-5-11-21-16/h5-11H,4H2,1-3H3,(H,23,25). The summed E-state index contributed by atoms with van der Waals surface area (Å²) in [5.74, 6) is 0.227. The van der Waals surface area contributed by atoms with E-state index in [1.807, 2.05) is 0 Å². The third-order valence-corrected chi connectivity index (χ3v) is 4.97. The second kappa shape index (κ2) is 8.57. The molecule has 3 rings (SSSR count). The SMILES string of the molecule is CCOC(=O)N(C)c1ccc(NC(=O)c2sc(-c3ncccn3)nc2C)cc1. The number of thiazole rings is 1. The molecule has 9 heteroatoms. The Morgan fingerprint density at radius 2 is 1.86 bits per heavy atom. The number of hydrogen-bond donors (Lipinski definition) is 1. The Bertz CT molecular complexity index is 973. The Kier molecular flexibility index (Phi) is 5.95. The minimum atomic E-state index is -0.435. The predicted molar refractivity (Wildman–Crippen MR) is 108 cm³/mol. The van der Waals surface area contributed by atoms with Crippen LogP contribution in [0.3, 0.4) is 0 Å². The minimum Gasteiger partial charge on any atom is -0.449 e. The quantitative estimate of drug-likeness (QED) is 0.704. The Hall–Kier alpha value is -3.33. The zero-order valence-corrected chi connectivity index (χ0v) is 16.5. The van der Waals surface area contributed by atoms with Gasteiger partial charge in [0.05, 0.1) is 12.3 Å². The molecule has 2 heterocycles. The van der Waals surface area contributed by atoms with E-state index in [1.165, 1.54) is 16.2 Å². The van der Waals surface area contributed by atoms with Crippen LogP contribution in [-0.4, -0.2) is 40.6 Å². The van der Waals surface area contributed by atoms with Crippen LogP contribution in [0.25, 0.3) is 10.8 Å². The van der Waals surface area contributed by atoms with Crippen LogP contribution in [0, 0.1) is 6.92 Å². The zero-order valence-electron chi connectivity index (χ0n) is 15.7. The van der Waals surface area contributed by atoms with Crippen molar-refractivity contribution in [3.8, 4) is 10.8 Å². The third kappa shape index (κ3) is 4.32. The summed E-state index contributed by atoms with van der Waals surface area (Å²) in [7, 11) is 1.62. The highest BCUT2D eigenvalue weighted by atomic mass is 32.1. The maximum atomic E-state index is 12.6. The van der Waals surface area contributed by atoms with Crippen molar-refractivity contribution in [2.24, 2.45) is 0 Å². The fourth-order valence-electron chi connectivity index (χ4n) is 2.39. The lowest BCUT2D eigenvalue weighted by atomic mass is 10.2. The summed E-state index contributed by atoms with van der Waals surface area (Å²) in [6.07, 6.45) is 2.83. The fourth-order valence-corrected chi connectivity index (χ4v) is 3.30. The first-order valence-electron chi connectivity index (χ1n) is 8.56. The van der Waals surface area contributed by atoms with Gasteiger partial charge in [-0.2, -0.15) is 0 Å². The Balaban J connectivity index is 1.71. The van der Waals surface area contributed by atoms with Gasteiger partial charge in [-0.3, -0.25) is 9.69 Å². The number of carbonyl (C=O) groups is 2. The van der Waals surface area contributed by atoms with E-state index in [0.29, 0.717) is 39.4 Å². The van der Waals surface area contributed by atoms with Gasteiger partial charge in [0.1, 0.15) is 4.88 Å². The molecule has 0 aliphatic rings. The van der Waals surface area contributed by atoms with Gasteiger partial charge in [0.25, 0.3) is 5.91 Å². The number of hydrogen-bond acceptors (Lipinski definition) is 7. The van der Waals surface area contributed by atoms with Gasteiger partial charge >= 0.3 is 6.09 Å². The van der Waals surface area contributed by atoms with Crippen molar-refractivity contribution in [2.75, 3.05) is 23.9 Å². The van der Waals surface area contributed by atoms with E-state index >= 15 is 0 Å². The van der Waals surface area contributed by atoms with E-state index in [0.717, 1.165) is 0 Å². The highest BCUT2D eigenvalue weighted by molar-refractivity contribution is 7.17. The molecule has 2 amide bonds. The number of nitrogens with one attached hydrogen (secondary N) is 1. The van der Waals surface area contributed by atoms with E-state index < -0.39 is 6.09 Å². The van der Waals surface area contributed by atoms with Crippen LogP contribution in [0.4, 0.5) is 16.2 Å². The zero-order chi connectivity index (χ0) is 20.1. The van der Waals surface area contributed by atoms with Crippen molar-refractivity contribution in [1.82, 2.24) is 15.0 Å². The number of nitrogens with zero attached hydrogens (tertiary/aromatic N) is 4. The van der Waals surface area contributed by atoms with Gasteiger partial charge < -0.3 is 10.1 Å². The molecule has 2 aromatic heterocycles. The second-order valence-corrected chi connectivity index (χ2v) is 6.76. The number of aromatic nitrogens is 3. The summed E-state index contributed by atoms with van der Waals surface area (Å²) in [6, 6.07) is 8.63. The molecular formula is C19H19N5O3S. The predicted octanol–water partition coefficient (Wildman–Crippen LogP) is 3.75. The van der Waals surface area contributed by atoms with Crippen molar-refractivity contribution >= 4 is 34.7 Å². The summed E-state index contributed by atoms with van der Waals surface area (Å²) < 4.78 is 4.96. The number of anilines is 2. The molecule has 0 radical (unpaired) electrons. The number of benzene rings is 1. The van der Waals surface area contributed by atoms with Gasteiger partial charge in [0, 0.05) is 30.8 Å². The van der Waals surface area contributed by atoms with Crippen LogP contribution in [0.5, 0.6) is 0 Å². The van der Waals surface area contributed by atoms with E-state index in [1.54, 1.807) is 63.6 Å². The van der Waals surface area contributed by atoms with E-state index in [4.69, 9.17) is 4.74 Å². The van der Waals surface area contributed by atoms with Crippen molar-refractivity contribution in [3.05, 3.63) is 53.3 Å². The average Bonchev–Trinajstić information content (AvgIpc) is 3.11. The summed E-state index contributed by atoms with van der Waals surface area (Å²) in [5, 5.41) is 3.43. The number of aryl methyl sites for hydroxylation is 1. The summed E-state index contributed by atoms with van der Waals surface area (Å²) in [6.45, 7) is 3.83. The molecule has 0 saturated carbocycles. The highest BCUT2D eigenvalue weighted by Gasteiger charge is 2.18. The van der Waals surface area contributed by atoms with Crippen molar-refractivity contribution < 1.29 is 14.3 Å². The molecule has 0 spiro atoms. The normalized spacial score (nSPS) is 10.4. The highest BCUT2D eigenvalue weighted by Crippen LogP contribution is 2.26. The lowest BCUT2D eigenvalue weighted by Gasteiger charge is -2.16. The summed E-state index contributed by atoms with van der Waals surface area (Å²) in [4.78, 5) is 39.0. The van der Waals surface area contributed by atoms with Gasteiger partial charge in [-0.1, -0.05) is 0 Å². The van der Waals surface area contributed by atoms with Gasteiger partial charge in [-0.05, 0) is 44.2 Å². The van der Waals surface area contributed by atoms with Gasteiger partial charge in [-0.15, -0.1) is 11.3 Å². The number of rotatable bonds is 5. The molecule has 0 unspecified atom stereocenters. The first kappa shape index (κ1) is 19.4. The van der Waals surface area contributed by atoms with Crippen molar-refractivity contribution in [3.63, 3.8) is 0 Å². The maximum absolute atomic E-state index is 12.6. The van der Waals surface area contributed by atoms with Gasteiger partial charge in [-0.25, -0.2) is 19.7 Å². The number of carbonyl (C=O) groups excluding carboxylic acids is 2. The first-order chi connectivity index (χ1) is 13.5. The molecule has 8 nitrogen and oxygen atoms in total. The molecule has 0 saturated heterocycles. The molecule has 0 atom stereocenters. The molecule has 28 heavy (non-hydrogen) atoms. The maximum Gasteiger partial charge on any atom is 0.413 e. The minimum absolute atomic E-state index is 0.260. The largest absolute Gasteiger partial charge is 0.449 e. The van der Waals surface area contributed by atoms with Crippen LogP contribution < -0.4 is 10.2 Å². The monoisotopic (exact) mass is 397 g/mol. The Morgan fingerprint density at radius 1 is 1.18 bits per heavy atom. The van der Waals surface area contributed by atoms with Crippen LogP contribution in [-0.2, 0) is 4.74 Å². The van der Waals surface area contributed by atoms with Gasteiger partial charge in [0.15, 0.2) is 10.8 Å². The molecule has 0 aliphatic carbocycles. The number of amides is 2. The van der Waals surface area contributed by atoms with Crippen LogP contribution in [0.15, 0.2) is 42.7 Å². The van der Waals surface area contributed by atoms with Crippen LogP contribution in [0.1, 0.15) is 22.3 Å². The lowest BCUT2D eigenvalue weighted by molar-refractivity contribution is 0.102. The average molecular weight is 397 g/mol. The first-order valence-corrected chi connectivity index (χ1v) is 9.38. The van der Waals surface area contributed by atoms with Crippen LogP contribution in [0.2, 0.25) is 0 Å². The lowest BCUT2D eigenvalue weighted by Crippen LogP contribution is -2.26. The summed E-state index contributed by atoms with van der Waals surface area (Å²) in [5.41, 5.74) is 1.88. The second-order valence-electron chi connectivity index (χ2n) is 5.76. The molecule has 3 aromatic rings. The van der Waals surface area contributed by atoms with Crippen molar-refractivity contribution in [2.45, 2.75) is 13.8 Å². The molecular weight excluding hydrogens is 378 g/mol. The molecule has 0 fully saturated rings. The molecule has 1 aromatic carbocycles. The molecule has 0 bridgehead atoms. The van der Waals surface area contributed by atoms with Gasteiger partial charge in [0.2, 0.25) is 0 Å². The third-order valence-electron chi connectivity index (χ3n) is 3.81. The molecule has 1 N–H and O–H groups in total.